The molecular weight excluding hydrogens is 393 g/mol. The fourth-order valence-electron chi connectivity index (χ4n) is 4.49. The fraction of sp³-hybridized carbons (Fsp3) is 0.545. The maximum atomic E-state index is 12.8. The Hall–Kier alpha value is -2.35. The zero-order chi connectivity index (χ0) is 21.3. The summed E-state index contributed by atoms with van der Waals surface area (Å²) in [6.45, 7) is 3.33. The van der Waals surface area contributed by atoms with Crippen molar-refractivity contribution < 1.29 is 18.0 Å². The van der Waals surface area contributed by atoms with Crippen molar-refractivity contribution in [2.45, 2.75) is 44.2 Å². The first kappa shape index (κ1) is 20.9. The highest BCUT2D eigenvalue weighted by molar-refractivity contribution is 5.93. The van der Waals surface area contributed by atoms with E-state index in [0.717, 1.165) is 68.8 Å². The predicted octanol–water partition coefficient (Wildman–Crippen LogP) is 3.99. The number of piperidine rings is 1. The Morgan fingerprint density at radius 2 is 1.90 bits per heavy atom. The number of carbonyl (C=O) groups is 1. The molecule has 2 fully saturated rings. The Morgan fingerprint density at radius 1 is 1.13 bits per heavy atom. The first-order valence-corrected chi connectivity index (χ1v) is 10.5. The molecule has 2 saturated heterocycles. The van der Waals surface area contributed by atoms with Crippen molar-refractivity contribution in [2.75, 3.05) is 31.1 Å². The Morgan fingerprint density at radius 3 is 2.60 bits per heavy atom. The number of benzene rings is 1. The van der Waals surface area contributed by atoms with Crippen LogP contribution in [0.3, 0.4) is 0 Å². The molecule has 1 aromatic carbocycles. The lowest BCUT2D eigenvalue weighted by Crippen LogP contribution is -2.36. The number of nitrogens with zero attached hydrogens (tertiary/aromatic N) is 4. The van der Waals surface area contributed by atoms with Crippen molar-refractivity contribution >= 4 is 11.7 Å². The quantitative estimate of drug-likeness (QED) is 0.735. The summed E-state index contributed by atoms with van der Waals surface area (Å²) in [5, 5.41) is 4.53. The van der Waals surface area contributed by atoms with E-state index in [-0.39, 0.29) is 11.8 Å². The van der Waals surface area contributed by atoms with Crippen LogP contribution in [0.2, 0.25) is 0 Å². The minimum absolute atomic E-state index is 0.143. The number of aromatic nitrogens is 2. The average molecular weight is 420 g/mol. The maximum Gasteiger partial charge on any atom is 0.416 e. The lowest BCUT2D eigenvalue weighted by molar-refractivity contribution is -0.137. The molecule has 4 rings (SSSR count). The zero-order valence-electron chi connectivity index (χ0n) is 17.2. The van der Waals surface area contributed by atoms with E-state index in [1.54, 1.807) is 16.8 Å². The van der Waals surface area contributed by atoms with Crippen LogP contribution in [-0.4, -0.2) is 46.8 Å². The third-order valence-corrected chi connectivity index (χ3v) is 6.14. The van der Waals surface area contributed by atoms with E-state index in [1.165, 1.54) is 12.1 Å². The molecule has 0 saturated carbocycles. The van der Waals surface area contributed by atoms with E-state index in [0.29, 0.717) is 6.42 Å². The summed E-state index contributed by atoms with van der Waals surface area (Å²) in [4.78, 5) is 16.5. The van der Waals surface area contributed by atoms with Gasteiger partial charge in [0.2, 0.25) is 5.91 Å². The fourth-order valence-corrected chi connectivity index (χ4v) is 4.49. The Labute approximate surface area is 174 Å². The Bertz CT molecular complexity index is 891. The first-order valence-electron chi connectivity index (χ1n) is 10.5. The molecular formula is C22H27F3N4O. The lowest BCUT2D eigenvalue weighted by atomic mass is 9.97. The number of carbonyl (C=O) groups excluding carboxylic acids is 1. The van der Waals surface area contributed by atoms with Crippen LogP contribution in [-0.2, 0) is 24.4 Å². The number of likely N-dealkylation sites (tertiary alicyclic amines) is 1. The van der Waals surface area contributed by atoms with Crippen molar-refractivity contribution in [1.82, 2.24) is 14.7 Å². The second-order valence-electron chi connectivity index (χ2n) is 8.31. The van der Waals surface area contributed by atoms with E-state index in [4.69, 9.17) is 0 Å². The largest absolute Gasteiger partial charge is 0.416 e. The number of anilines is 1. The van der Waals surface area contributed by atoms with Gasteiger partial charge in [-0.1, -0.05) is 12.1 Å². The molecule has 2 aromatic rings. The van der Waals surface area contributed by atoms with Crippen molar-refractivity contribution in [1.29, 1.82) is 0 Å². The van der Waals surface area contributed by atoms with Gasteiger partial charge in [-0.2, -0.15) is 18.3 Å². The molecule has 1 amide bonds. The second-order valence-corrected chi connectivity index (χ2v) is 8.31. The van der Waals surface area contributed by atoms with E-state index in [9.17, 15) is 18.0 Å². The monoisotopic (exact) mass is 420 g/mol. The highest BCUT2D eigenvalue weighted by atomic mass is 19.4. The van der Waals surface area contributed by atoms with Crippen LogP contribution in [0.25, 0.3) is 0 Å². The van der Waals surface area contributed by atoms with E-state index in [2.05, 4.69) is 10.00 Å². The first-order chi connectivity index (χ1) is 14.3. The molecule has 0 radical (unpaired) electrons. The number of alkyl halides is 3. The maximum absolute atomic E-state index is 12.8. The van der Waals surface area contributed by atoms with Crippen LogP contribution in [0.1, 0.15) is 48.3 Å². The molecule has 8 heteroatoms. The molecule has 0 N–H and O–H groups in total. The van der Waals surface area contributed by atoms with E-state index >= 15 is 0 Å². The van der Waals surface area contributed by atoms with Crippen LogP contribution < -0.4 is 4.90 Å². The number of aryl methyl sites for hydroxylation is 1. The summed E-state index contributed by atoms with van der Waals surface area (Å²) in [7, 11) is 1.87. The van der Waals surface area contributed by atoms with Gasteiger partial charge in [0.05, 0.1) is 5.56 Å². The normalized spacial score (nSPS) is 20.9. The smallest absolute Gasteiger partial charge is 0.302 e. The topological polar surface area (TPSA) is 41.4 Å². The average Bonchev–Trinajstić information content (AvgIpc) is 3.33. The molecule has 5 nitrogen and oxygen atoms in total. The molecule has 1 atom stereocenters. The molecule has 0 bridgehead atoms. The number of halogens is 3. The minimum atomic E-state index is -4.29. The SMILES string of the molecule is Cn1cc(CCN2CCC(c3ccc(C(F)(F)F)cc3)C2)c(N2CCCCC2=O)n1. The third kappa shape index (κ3) is 4.53. The van der Waals surface area contributed by atoms with Crippen LogP contribution >= 0.6 is 0 Å². The second kappa shape index (κ2) is 8.41. The molecule has 1 aromatic heterocycles. The number of hydrogen-bond donors (Lipinski definition) is 0. The predicted molar refractivity (Wildman–Crippen MR) is 108 cm³/mol. The van der Waals surface area contributed by atoms with Gasteiger partial charge >= 0.3 is 6.18 Å². The van der Waals surface area contributed by atoms with Gasteiger partial charge in [0.1, 0.15) is 0 Å². The standard InChI is InChI=1S/C22H27F3N4O/c1-27-14-18(21(26-27)29-11-3-2-4-20(29)30)10-13-28-12-9-17(15-28)16-5-7-19(8-6-16)22(23,24)25/h5-8,14,17H,2-4,9-13,15H2,1H3. The summed E-state index contributed by atoms with van der Waals surface area (Å²) < 4.78 is 40.1. The third-order valence-electron chi connectivity index (χ3n) is 6.14. The van der Waals surface area contributed by atoms with Crippen molar-refractivity contribution in [2.24, 2.45) is 7.05 Å². The molecule has 0 aliphatic carbocycles. The Kier molecular flexibility index (Phi) is 5.86. The van der Waals surface area contributed by atoms with Gasteiger partial charge in [-0.3, -0.25) is 14.4 Å². The minimum Gasteiger partial charge on any atom is -0.302 e. The Balaban J connectivity index is 1.36. The molecule has 2 aliphatic rings. The number of rotatable bonds is 5. The van der Waals surface area contributed by atoms with Crippen molar-refractivity contribution in [3.63, 3.8) is 0 Å². The summed E-state index contributed by atoms with van der Waals surface area (Å²) in [5.41, 5.74) is 1.44. The van der Waals surface area contributed by atoms with Crippen LogP contribution in [0.4, 0.5) is 19.0 Å². The molecule has 162 valence electrons. The summed E-state index contributed by atoms with van der Waals surface area (Å²) in [6, 6.07) is 5.57. The number of hydrogen-bond acceptors (Lipinski definition) is 3. The van der Waals surface area contributed by atoms with Crippen molar-refractivity contribution in [3.05, 3.63) is 47.2 Å². The van der Waals surface area contributed by atoms with Gasteiger partial charge < -0.3 is 4.90 Å². The number of amides is 1. The molecule has 30 heavy (non-hydrogen) atoms. The van der Waals surface area contributed by atoms with Crippen LogP contribution in [0.15, 0.2) is 30.5 Å². The summed E-state index contributed by atoms with van der Waals surface area (Å²) in [6.07, 6.45) is 1.96. The van der Waals surface area contributed by atoms with Crippen LogP contribution in [0.5, 0.6) is 0 Å². The highest BCUT2D eigenvalue weighted by Gasteiger charge is 2.31. The van der Waals surface area contributed by atoms with Gasteiger partial charge in [-0.15, -0.1) is 0 Å². The van der Waals surface area contributed by atoms with Crippen LogP contribution in [0, 0.1) is 0 Å². The van der Waals surface area contributed by atoms with Gasteiger partial charge in [0.25, 0.3) is 0 Å². The summed E-state index contributed by atoms with van der Waals surface area (Å²) >= 11 is 0. The van der Waals surface area contributed by atoms with Crippen molar-refractivity contribution in [3.8, 4) is 0 Å². The summed E-state index contributed by atoms with van der Waals surface area (Å²) in [5.74, 6) is 1.18. The highest BCUT2D eigenvalue weighted by Crippen LogP contribution is 2.33. The molecule has 3 heterocycles. The van der Waals surface area contributed by atoms with E-state index < -0.39 is 11.7 Å². The van der Waals surface area contributed by atoms with Gasteiger partial charge in [0, 0.05) is 44.9 Å². The van der Waals surface area contributed by atoms with Gasteiger partial charge in [-0.25, -0.2) is 0 Å². The lowest BCUT2D eigenvalue weighted by Gasteiger charge is -2.26. The van der Waals surface area contributed by atoms with E-state index in [1.807, 2.05) is 18.1 Å². The zero-order valence-corrected chi connectivity index (χ0v) is 17.2. The molecule has 2 aliphatic heterocycles. The molecule has 1 unspecified atom stereocenters. The van der Waals surface area contributed by atoms with Gasteiger partial charge in [-0.05, 0) is 55.8 Å². The molecule has 0 spiro atoms. The van der Waals surface area contributed by atoms with Gasteiger partial charge in [0.15, 0.2) is 5.82 Å².